The van der Waals surface area contributed by atoms with Crippen LogP contribution in [0.4, 0.5) is 5.82 Å². The van der Waals surface area contributed by atoms with Crippen LogP contribution in [0.1, 0.15) is 27.0 Å². The van der Waals surface area contributed by atoms with Gasteiger partial charge in [-0.3, -0.25) is 4.79 Å². The number of nitrogen functional groups attached to an aromatic ring is 1. The number of carbonyl (C=O) groups is 1. The maximum absolute atomic E-state index is 13.3. The lowest BCUT2D eigenvalue weighted by molar-refractivity contribution is 0.0953. The summed E-state index contributed by atoms with van der Waals surface area (Å²) in [7, 11) is 1.61. The van der Waals surface area contributed by atoms with Crippen LogP contribution in [0, 0.1) is 6.92 Å². The largest absolute Gasteiger partial charge is 0.497 e. The molecule has 0 radical (unpaired) electrons. The van der Waals surface area contributed by atoms with Gasteiger partial charge in [0.1, 0.15) is 22.6 Å². The molecular weight excluding hydrogens is 440 g/mol. The number of benzene rings is 3. The third-order valence-electron chi connectivity index (χ3n) is 5.71. The number of fused-ring (bicyclic) bond motifs is 2. The molecule has 0 fully saturated rings. The van der Waals surface area contributed by atoms with Gasteiger partial charge in [0.2, 0.25) is 0 Å². The summed E-state index contributed by atoms with van der Waals surface area (Å²) in [6.07, 6.45) is 1.69. The Hall–Kier alpha value is -4.72. The lowest BCUT2D eigenvalue weighted by Gasteiger charge is -2.06. The van der Waals surface area contributed by atoms with Crippen LogP contribution in [0.2, 0.25) is 0 Å². The number of nitrogens with zero attached hydrogens (tertiary/aromatic N) is 4. The summed E-state index contributed by atoms with van der Waals surface area (Å²) in [4.78, 5) is 22.7. The van der Waals surface area contributed by atoms with Gasteiger partial charge in [0.25, 0.3) is 5.91 Å². The summed E-state index contributed by atoms with van der Waals surface area (Å²) >= 11 is 0. The average Bonchev–Trinajstić information content (AvgIpc) is 3.15. The minimum absolute atomic E-state index is 0.172. The van der Waals surface area contributed by atoms with E-state index in [2.05, 4.69) is 10.4 Å². The molecule has 0 spiro atoms. The van der Waals surface area contributed by atoms with Crippen LogP contribution in [0.25, 0.3) is 22.2 Å². The first-order valence-corrected chi connectivity index (χ1v) is 11.1. The number of ether oxygens (including phenoxy) is 1. The first-order chi connectivity index (χ1) is 17.0. The number of aryl methyl sites for hydroxylation is 1. The normalized spacial score (nSPS) is 11.4. The summed E-state index contributed by atoms with van der Waals surface area (Å²) in [5, 5.41) is 7.49. The molecule has 8 heteroatoms. The van der Waals surface area contributed by atoms with E-state index in [4.69, 9.17) is 20.4 Å². The molecule has 5 rings (SSSR count). The molecule has 2 aromatic heterocycles. The van der Waals surface area contributed by atoms with Crippen LogP contribution in [-0.4, -0.2) is 33.9 Å². The summed E-state index contributed by atoms with van der Waals surface area (Å²) in [6.45, 7) is 2.35. The number of para-hydroxylation sites is 2. The Kier molecular flexibility index (Phi) is 5.85. The Morgan fingerprint density at radius 2 is 1.71 bits per heavy atom. The molecule has 0 saturated heterocycles. The quantitative estimate of drug-likeness (QED) is 0.365. The van der Waals surface area contributed by atoms with Crippen molar-refractivity contribution in [3.63, 3.8) is 0 Å². The van der Waals surface area contributed by atoms with Crippen molar-refractivity contribution in [1.29, 1.82) is 0 Å². The van der Waals surface area contributed by atoms with E-state index in [1.165, 1.54) is 4.68 Å². The number of anilines is 1. The fraction of sp³-hybridized carbons (Fsp3) is 0.111. The second kappa shape index (κ2) is 9.26. The lowest BCUT2D eigenvalue weighted by atomic mass is 10.2. The van der Waals surface area contributed by atoms with Gasteiger partial charge in [-0.15, -0.1) is 0 Å². The van der Waals surface area contributed by atoms with Crippen LogP contribution in [0.15, 0.2) is 77.9 Å². The third-order valence-corrected chi connectivity index (χ3v) is 5.71. The van der Waals surface area contributed by atoms with E-state index in [1.54, 1.807) is 13.3 Å². The Bertz CT molecular complexity index is 1550. The van der Waals surface area contributed by atoms with Gasteiger partial charge in [-0.25, -0.2) is 9.97 Å². The molecule has 35 heavy (non-hydrogen) atoms. The van der Waals surface area contributed by atoms with Gasteiger partial charge < -0.3 is 15.8 Å². The second-order valence-corrected chi connectivity index (χ2v) is 8.14. The zero-order chi connectivity index (χ0) is 24.4. The predicted octanol–water partition coefficient (Wildman–Crippen LogP) is 4.30. The van der Waals surface area contributed by atoms with Crippen molar-refractivity contribution < 1.29 is 9.53 Å². The number of carbonyl (C=O) groups excluding carboxylic acids is 1. The van der Waals surface area contributed by atoms with Gasteiger partial charge in [0, 0.05) is 6.54 Å². The van der Waals surface area contributed by atoms with Crippen molar-refractivity contribution in [1.82, 2.24) is 20.0 Å². The minimum atomic E-state index is -0.350. The van der Waals surface area contributed by atoms with E-state index >= 15 is 0 Å². The summed E-state index contributed by atoms with van der Waals surface area (Å²) in [5.74, 6) is 0.573. The van der Waals surface area contributed by atoms with Crippen molar-refractivity contribution >= 4 is 40.1 Å². The van der Waals surface area contributed by atoms with Crippen molar-refractivity contribution in [2.75, 3.05) is 12.8 Å². The van der Waals surface area contributed by atoms with Crippen LogP contribution < -0.4 is 15.8 Å². The summed E-state index contributed by atoms with van der Waals surface area (Å²) in [5.41, 5.74) is 11.9. The molecule has 8 nitrogen and oxygen atoms in total. The van der Waals surface area contributed by atoms with E-state index in [0.29, 0.717) is 28.7 Å². The first kappa shape index (κ1) is 22.1. The SMILES string of the molecule is COc1ccc(CNC(=O)c2c(N)n(N=Cc3ccc(C)cc3)c3nc4ccccc4nc23)cc1. The molecule has 5 aromatic rings. The summed E-state index contributed by atoms with van der Waals surface area (Å²) in [6, 6.07) is 22.9. The van der Waals surface area contributed by atoms with Crippen molar-refractivity contribution in [3.8, 4) is 5.75 Å². The highest BCUT2D eigenvalue weighted by molar-refractivity contribution is 6.10. The van der Waals surface area contributed by atoms with E-state index in [0.717, 1.165) is 22.4 Å². The fourth-order valence-electron chi connectivity index (χ4n) is 3.78. The Morgan fingerprint density at radius 1 is 1.03 bits per heavy atom. The molecule has 0 bridgehead atoms. The maximum Gasteiger partial charge on any atom is 0.257 e. The van der Waals surface area contributed by atoms with Gasteiger partial charge in [0.15, 0.2) is 5.65 Å². The molecule has 174 valence electrons. The fourth-order valence-corrected chi connectivity index (χ4v) is 3.78. The van der Waals surface area contributed by atoms with E-state index < -0.39 is 0 Å². The van der Waals surface area contributed by atoms with Gasteiger partial charge >= 0.3 is 0 Å². The number of aromatic nitrogens is 3. The highest BCUT2D eigenvalue weighted by Gasteiger charge is 2.24. The molecule has 2 heterocycles. The van der Waals surface area contributed by atoms with Crippen LogP contribution >= 0.6 is 0 Å². The molecule has 0 aliphatic heterocycles. The smallest absolute Gasteiger partial charge is 0.257 e. The minimum Gasteiger partial charge on any atom is -0.497 e. The Morgan fingerprint density at radius 3 is 2.40 bits per heavy atom. The number of nitrogens with two attached hydrogens (primary N) is 1. The van der Waals surface area contributed by atoms with Gasteiger partial charge in [-0.05, 0) is 42.3 Å². The van der Waals surface area contributed by atoms with Crippen LogP contribution in [0.3, 0.4) is 0 Å². The molecule has 3 aromatic carbocycles. The van der Waals surface area contributed by atoms with Gasteiger partial charge in [-0.2, -0.15) is 9.78 Å². The summed E-state index contributed by atoms with van der Waals surface area (Å²) < 4.78 is 6.66. The first-order valence-electron chi connectivity index (χ1n) is 11.1. The molecule has 1 amide bonds. The van der Waals surface area contributed by atoms with Gasteiger partial charge in [-0.1, -0.05) is 54.1 Å². The van der Waals surface area contributed by atoms with Crippen LogP contribution in [0.5, 0.6) is 5.75 Å². The van der Waals surface area contributed by atoms with Crippen molar-refractivity contribution in [2.24, 2.45) is 5.10 Å². The molecule has 0 atom stereocenters. The molecular formula is C27H24N6O2. The number of amides is 1. The average molecular weight is 465 g/mol. The molecule has 0 saturated carbocycles. The highest BCUT2D eigenvalue weighted by atomic mass is 16.5. The number of rotatable bonds is 6. The Balaban J connectivity index is 1.55. The third kappa shape index (κ3) is 4.41. The zero-order valence-electron chi connectivity index (χ0n) is 19.4. The van der Waals surface area contributed by atoms with Gasteiger partial charge in [0.05, 0.1) is 24.4 Å². The predicted molar refractivity (Wildman–Crippen MR) is 138 cm³/mol. The second-order valence-electron chi connectivity index (χ2n) is 8.14. The molecule has 0 aliphatic carbocycles. The molecule has 3 N–H and O–H groups in total. The lowest BCUT2D eigenvalue weighted by Crippen LogP contribution is -2.23. The van der Waals surface area contributed by atoms with E-state index in [9.17, 15) is 4.79 Å². The number of methoxy groups -OCH3 is 1. The monoisotopic (exact) mass is 464 g/mol. The Labute approximate surface area is 202 Å². The van der Waals surface area contributed by atoms with E-state index in [1.807, 2.05) is 79.7 Å². The van der Waals surface area contributed by atoms with Crippen molar-refractivity contribution in [3.05, 3.63) is 95.1 Å². The number of hydrogen-bond acceptors (Lipinski definition) is 6. The topological polar surface area (TPSA) is 107 Å². The molecule has 0 unspecified atom stereocenters. The zero-order valence-corrected chi connectivity index (χ0v) is 19.4. The van der Waals surface area contributed by atoms with Crippen LogP contribution in [-0.2, 0) is 6.54 Å². The standard InChI is InChI=1S/C27H24N6O2/c1-17-7-9-19(10-8-17)16-30-33-25(28)23(24-26(33)32-22-6-4-3-5-21(22)31-24)27(34)29-15-18-11-13-20(35-2)14-12-18/h3-14,16H,15,28H2,1-2H3,(H,29,34). The number of nitrogens with one attached hydrogen (secondary N) is 1. The van der Waals surface area contributed by atoms with E-state index in [-0.39, 0.29) is 17.3 Å². The highest BCUT2D eigenvalue weighted by Crippen LogP contribution is 2.28. The van der Waals surface area contributed by atoms with Crippen molar-refractivity contribution in [2.45, 2.75) is 13.5 Å². The number of hydrogen-bond donors (Lipinski definition) is 2. The maximum atomic E-state index is 13.3. The molecule has 0 aliphatic rings.